The number of hydrogen-bond acceptors (Lipinski definition) is 3. The first kappa shape index (κ1) is 16.1. The number of nitrogens with one attached hydrogen (secondary N) is 1. The van der Waals surface area contributed by atoms with Crippen LogP contribution in [0.5, 0.6) is 0 Å². The van der Waals surface area contributed by atoms with Gasteiger partial charge in [0.15, 0.2) is 5.58 Å². The van der Waals surface area contributed by atoms with Gasteiger partial charge in [-0.25, -0.2) is 4.98 Å². The predicted molar refractivity (Wildman–Crippen MR) is 103 cm³/mol. The van der Waals surface area contributed by atoms with Crippen LogP contribution in [0.15, 0.2) is 77.2 Å². The molecule has 1 amide bonds. The lowest BCUT2D eigenvalue weighted by molar-refractivity contribution is -0.115. The highest BCUT2D eigenvalue weighted by atomic mass is 16.3. The van der Waals surface area contributed by atoms with Crippen molar-refractivity contribution >= 4 is 22.7 Å². The summed E-state index contributed by atoms with van der Waals surface area (Å²) in [5.74, 6) is 0.428. The van der Waals surface area contributed by atoms with E-state index in [1.165, 1.54) is 0 Å². The Hall–Kier alpha value is -3.40. The first-order valence-corrected chi connectivity index (χ1v) is 8.49. The van der Waals surface area contributed by atoms with Crippen LogP contribution >= 0.6 is 0 Å². The Kier molecular flexibility index (Phi) is 4.23. The van der Waals surface area contributed by atoms with Crippen LogP contribution in [0.3, 0.4) is 0 Å². The highest BCUT2D eigenvalue weighted by molar-refractivity contribution is 5.96. The molecule has 0 spiro atoms. The van der Waals surface area contributed by atoms with Crippen LogP contribution in [0.2, 0.25) is 0 Å². The molecule has 3 aromatic carbocycles. The molecule has 0 radical (unpaired) electrons. The summed E-state index contributed by atoms with van der Waals surface area (Å²) in [4.78, 5) is 17.0. The summed E-state index contributed by atoms with van der Waals surface area (Å²) in [6.07, 6.45) is 0.321. The van der Waals surface area contributed by atoms with E-state index in [1.807, 2.05) is 79.7 Å². The zero-order chi connectivity index (χ0) is 17.9. The Morgan fingerprint density at radius 2 is 1.77 bits per heavy atom. The van der Waals surface area contributed by atoms with Crippen LogP contribution in [-0.2, 0) is 11.2 Å². The molecule has 0 unspecified atom stereocenters. The molecule has 128 valence electrons. The highest BCUT2D eigenvalue weighted by Gasteiger charge is 2.14. The van der Waals surface area contributed by atoms with E-state index in [0.717, 1.165) is 27.8 Å². The summed E-state index contributed by atoms with van der Waals surface area (Å²) in [6, 6.07) is 23.1. The van der Waals surface area contributed by atoms with E-state index in [0.29, 0.717) is 18.0 Å². The van der Waals surface area contributed by atoms with Gasteiger partial charge in [-0.3, -0.25) is 4.79 Å². The fourth-order valence-electron chi connectivity index (χ4n) is 2.91. The molecule has 0 fully saturated rings. The number of carbonyl (C=O) groups excluding carboxylic acids is 1. The number of rotatable bonds is 4. The lowest BCUT2D eigenvalue weighted by Crippen LogP contribution is -2.14. The molecular weight excluding hydrogens is 324 g/mol. The number of aryl methyl sites for hydroxylation is 1. The van der Waals surface area contributed by atoms with E-state index < -0.39 is 0 Å². The lowest BCUT2D eigenvalue weighted by atomic mass is 10.1. The second-order valence-electron chi connectivity index (χ2n) is 6.25. The molecule has 1 heterocycles. The van der Waals surface area contributed by atoms with Gasteiger partial charge in [-0.15, -0.1) is 0 Å². The third kappa shape index (κ3) is 3.35. The smallest absolute Gasteiger partial charge is 0.229 e. The summed E-state index contributed by atoms with van der Waals surface area (Å²) >= 11 is 0. The van der Waals surface area contributed by atoms with Crippen LogP contribution < -0.4 is 5.32 Å². The molecule has 4 aromatic rings. The number of anilines is 1. The van der Waals surface area contributed by atoms with Crippen molar-refractivity contribution in [3.63, 3.8) is 0 Å². The van der Waals surface area contributed by atoms with Crippen LogP contribution in [0.25, 0.3) is 22.6 Å². The van der Waals surface area contributed by atoms with Crippen molar-refractivity contribution < 1.29 is 9.21 Å². The van der Waals surface area contributed by atoms with E-state index in [-0.39, 0.29) is 5.91 Å². The monoisotopic (exact) mass is 342 g/mol. The van der Waals surface area contributed by atoms with Gasteiger partial charge in [-0.2, -0.15) is 0 Å². The molecule has 0 aliphatic carbocycles. The molecule has 0 aliphatic rings. The summed E-state index contributed by atoms with van der Waals surface area (Å²) in [7, 11) is 0. The Labute approximate surface area is 151 Å². The van der Waals surface area contributed by atoms with Crippen molar-refractivity contribution in [3.05, 3.63) is 83.9 Å². The van der Waals surface area contributed by atoms with E-state index >= 15 is 0 Å². The summed E-state index contributed by atoms with van der Waals surface area (Å²) < 4.78 is 5.89. The minimum absolute atomic E-state index is 0.0735. The van der Waals surface area contributed by atoms with Crippen LogP contribution in [0.4, 0.5) is 5.69 Å². The first-order valence-electron chi connectivity index (χ1n) is 8.49. The molecule has 4 nitrogen and oxygen atoms in total. The Morgan fingerprint density at radius 3 is 2.62 bits per heavy atom. The average Bonchev–Trinajstić information content (AvgIpc) is 3.06. The van der Waals surface area contributed by atoms with Gasteiger partial charge in [-0.1, -0.05) is 48.5 Å². The second-order valence-corrected chi connectivity index (χ2v) is 6.25. The van der Waals surface area contributed by atoms with Crippen LogP contribution in [-0.4, -0.2) is 10.9 Å². The van der Waals surface area contributed by atoms with Crippen molar-refractivity contribution in [1.82, 2.24) is 4.98 Å². The molecule has 4 rings (SSSR count). The van der Waals surface area contributed by atoms with Crippen LogP contribution in [0.1, 0.15) is 11.1 Å². The predicted octanol–water partition coefficient (Wildman–Crippen LogP) is 4.98. The number of amides is 1. The number of nitrogens with zero attached hydrogens (tertiary/aromatic N) is 1. The number of carbonyl (C=O) groups is 1. The molecular formula is C22H18N2O2. The zero-order valence-corrected chi connectivity index (χ0v) is 14.4. The van der Waals surface area contributed by atoms with Gasteiger partial charge in [0, 0.05) is 0 Å². The minimum Gasteiger partial charge on any atom is -0.436 e. The molecule has 0 atom stereocenters. The fraction of sp³-hybridized carbons (Fsp3) is 0.0909. The van der Waals surface area contributed by atoms with E-state index in [9.17, 15) is 4.79 Å². The largest absolute Gasteiger partial charge is 0.436 e. The van der Waals surface area contributed by atoms with Gasteiger partial charge in [-0.05, 0) is 42.3 Å². The van der Waals surface area contributed by atoms with Gasteiger partial charge in [0.05, 0.1) is 17.7 Å². The van der Waals surface area contributed by atoms with Gasteiger partial charge >= 0.3 is 0 Å². The number of hydrogen-bond donors (Lipinski definition) is 1. The first-order chi connectivity index (χ1) is 12.7. The van der Waals surface area contributed by atoms with Gasteiger partial charge in [0.2, 0.25) is 11.8 Å². The molecule has 1 N–H and O–H groups in total. The zero-order valence-electron chi connectivity index (χ0n) is 14.4. The highest BCUT2D eigenvalue weighted by Crippen LogP contribution is 2.30. The maximum Gasteiger partial charge on any atom is 0.229 e. The summed E-state index contributed by atoms with van der Waals surface area (Å²) in [6.45, 7) is 2.02. The summed E-state index contributed by atoms with van der Waals surface area (Å²) in [5.41, 5.74) is 5.10. The molecule has 0 saturated carbocycles. The number of para-hydroxylation sites is 1. The number of aromatic nitrogens is 1. The lowest BCUT2D eigenvalue weighted by Gasteiger charge is -2.09. The van der Waals surface area contributed by atoms with E-state index in [4.69, 9.17) is 4.42 Å². The third-order valence-corrected chi connectivity index (χ3v) is 4.18. The van der Waals surface area contributed by atoms with Crippen molar-refractivity contribution in [2.24, 2.45) is 0 Å². The fourth-order valence-corrected chi connectivity index (χ4v) is 2.91. The number of benzene rings is 3. The maximum absolute atomic E-state index is 12.4. The Morgan fingerprint density at radius 1 is 1.00 bits per heavy atom. The third-order valence-electron chi connectivity index (χ3n) is 4.18. The molecule has 0 aliphatic heterocycles. The Bertz CT molecular complexity index is 1070. The quantitative estimate of drug-likeness (QED) is 0.569. The number of oxazole rings is 1. The standard InChI is InChI=1S/C22H18N2O2/c1-15-11-12-20-19(13-15)24-22(26-20)17-9-5-6-10-18(17)23-21(25)14-16-7-3-2-4-8-16/h2-13H,14H2,1H3,(H,23,25). The summed E-state index contributed by atoms with van der Waals surface area (Å²) in [5, 5.41) is 2.97. The van der Waals surface area contributed by atoms with Crippen LogP contribution in [0, 0.1) is 6.92 Å². The second kappa shape index (κ2) is 6.84. The Balaban J connectivity index is 1.62. The van der Waals surface area contributed by atoms with Crippen molar-refractivity contribution in [1.29, 1.82) is 0 Å². The van der Waals surface area contributed by atoms with Crippen molar-refractivity contribution in [2.45, 2.75) is 13.3 Å². The molecule has 0 saturated heterocycles. The van der Waals surface area contributed by atoms with Crippen molar-refractivity contribution in [2.75, 3.05) is 5.32 Å². The maximum atomic E-state index is 12.4. The average molecular weight is 342 g/mol. The minimum atomic E-state index is -0.0735. The normalized spacial score (nSPS) is 10.8. The van der Waals surface area contributed by atoms with Gasteiger partial charge in [0.25, 0.3) is 0 Å². The van der Waals surface area contributed by atoms with Crippen molar-refractivity contribution in [3.8, 4) is 11.5 Å². The molecule has 0 bridgehead atoms. The van der Waals surface area contributed by atoms with Gasteiger partial charge < -0.3 is 9.73 Å². The van der Waals surface area contributed by atoms with E-state index in [2.05, 4.69) is 10.3 Å². The SMILES string of the molecule is Cc1ccc2oc(-c3ccccc3NC(=O)Cc3ccccc3)nc2c1. The topological polar surface area (TPSA) is 55.1 Å². The molecule has 4 heteroatoms. The number of fused-ring (bicyclic) bond motifs is 1. The van der Waals surface area contributed by atoms with E-state index in [1.54, 1.807) is 0 Å². The van der Waals surface area contributed by atoms with Gasteiger partial charge in [0.1, 0.15) is 5.52 Å². The molecule has 1 aromatic heterocycles. The molecule has 26 heavy (non-hydrogen) atoms.